The number of hydrogen-bond donors (Lipinski definition) is 0. The van der Waals surface area contributed by atoms with E-state index in [1.807, 2.05) is 6.07 Å². The highest BCUT2D eigenvalue weighted by Crippen LogP contribution is 2.15. The van der Waals surface area contributed by atoms with Gasteiger partial charge in [0, 0.05) is 8.95 Å². The average molecular weight is 370 g/mol. The van der Waals surface area contributed by atoms with E-state index in [0.717, 1.165) is 17.3 Å². The minimum absolute atomic E-state index is 1.10. The van der Waals surface area contributed by atoms with Crippen molar-refractivity contribution in [2.45, 2.75) is 26.7 Å². The van der Waals surface area contributed by atoms with E-state index in [9.17, 15) is 0 Å². The second kappa shape index (κ2) is 8.49. The Labute approximate surface area is 127 Å². The highest BCUT2D eigenvalue weighted by Gasteiger charge is 1.91. The highest BCUT2D eigenvalue weighted by atomic mass is 79.9. The third-order valence-electron chi connectivity index (χ3n) is 2.66. The highest BCUT2D eigenvalue weighted by molar-refractivity contribution is 9.10. The van der Waals surface area contributed by atoms with Crippen LogP contribution in [-0.2, 0) is 12.8 Å². The summed E-state index contributed by atoms with van der Waals surface area (Å²) in [6.07, 6.45) is 2.22. The molecule has 0 fully saturated rings. The Kier molecular flexibility index (Phi) is 7.29. The lowest BCUT2D eigenvalue weighted by Gasteiger charge is -1.96. The number of benzene rings is 2. The van der Waals surface area contributed by atoms with Crippen LogP contribution in [0.15, 0.2) is 57.5 Å². The lowest BCUT2D eigenvalue weighted by molar-refractivity contribution is 1.13. The summed E-state index contributed by atoms with van der Waals surface area (Å²) in [6.45, 7) is 4.31. The maximum Gasteiger partial charge on any atom is 0.0207 e. The summed E-state index contributed by atoms with van der Waals surface area (Å²) in [5, 5.41) is 0. The van der Waals surface area contributed by atoms with Crippen LogP contribution in [0.5, 0.6) is 0 Å². The predicted octanol–water partition coefficient (Wildman–Crippen LogP) is 6.02. The van der Waals surface area contributed by atoms with Gasteiger partial charge in [-0.1, -0.05) is 76.0 Å². The summed E-state index contributed by atoms with van der Waals surface area (Å²) in [4.78, 5) is 0. The van der Waals surface area contributed by atoms with Crippen LogP contribution in [0, 0.1) is 0 Å². The van der Waals surface area contributed by atoms with Crippen LogP contribution in [-0.4, -0.2) is 0 Å². The Bertz CT molecular complexity index is 461. The largest absolute Gasteiger partial charge is 0.0619 e. The third kappa shape index (κ3) is 5.36. The van der Waals surface area contributed by atoms with Gasteiger partial charge in [0.25, 0.3) is 0 Å². The molecule has 0 N–H and O–H groups in total. The van der Waals surface area contributed by atoms with E-state index >= 15 is 0 Å². The molecule has 0 aliphatic heterocycles. The van der Waals surface area contributed by atoms with Gasteiger partial charge >= 0.3 is 0 Å². The maximum atomic E-state index is 3.46. The van der Waals surface area contributed by atoms with E-state index in [2.05, 4.69) is 88.2 Å². The molecule has 0 aliphatic rings. The van der Waals surface area contributed by atoms with Crippen molar-refractivity contribution in [2.24, 2.45) is 0 Å². The van der Waals surface area contributed by atoms with Gasteiger partial charge in [0.2, 0.25) is 0 Å². The molecule has 18 heavy (non-hydrogen) atoms. The van der Waals surface area contributed by atoms with Gasteiger partial charge in [0.05, 0.1) is 0 Å². The van der Waals surface area contributed by atoms with Crippen molar-refractivity contribution in [3.8, 4) is 0 Å². The monoisotopic (exact) mass is 368 g/mol. The number of aryl methyl sites for hydroxylation is 2. The van der Waals surface area contributed by atoms with Gasteiger partial charge in [-0.3, -0.25) is 0 Å². The van der Waals surface area contributed by atoms with E-state index in [1.54, 1.807) is 0 Å². The van der Waals surface area contributed by atoms with Crippen LogP contribution in [0.25, 0.3) is 0 Å². The van der Waals surface area contributed by atoms with Crippen molar-refractivity contribution in [3.05, 3.63) is 68.6 Å². The second-order valence-electron chi connectivity index (χ2n) is 3.92. The maximum absolute atomic E-state index is 3.46. The van der Waals surface area contributed by atoms with E-state index in [0.29, 0.717) is 0 Å². The summed E-state index contributed by atoms with van der Waals surface area (Å²) in [5.74, 6) is 0. The average Bonchev–Trinajstić information content (AvgIpc) is 2.41. The Hall–Kier alpha value is -0.600. The molecule has 0 saturated carbocycles. The standard InChI is InChI=1S/2C8H9Br/c1-2-7-3-5-8(9)6-4-7;1-2-7-5-3-4-6-8(7)9/h2*3-6H,2H2,1H3. The molecular weight excluding hydrogens is 352 g/mol. The number of halogens is 2. The molecule has 0 radical (unpaired) electrons. The number of rotatable bonds is 2. The Morgan fingerprint density at radius 1 is 0.778 bits per heavy atom. The fourth-order valence-electron chi connectivity index (χ4n) is 1.51. The summed E-state index contributed by atoms with van der Waals surface area (Å²) in [5.41, 5.74) is 2.76. The molecule has 96 valence electrons. The minimum Gasteiger partial charge on any atom is -0.0619 e. The Balaban J connectivity index is 0.000000180. The SMILES string of the molecule is CCc1ccc(Br)cc1.CCc1ccccc1Br. The fraction of sp³-hybridized carbons (Fsp3) is 0.250. The molecule has 2 heteroatoms. The van der Waals surface area contributed by atoms with Gasteiger partial charge in [-0.25, -0.2) is 0 Å². The summed E-state index contributed by atoms with van der Waals surface area (Å²) in [6, 6.07) is 16.7. The van der Waals surface area contributed by atoms with Gasteiger partial charge in [-0.05, 0) is 42.2 Å². The minimum atomic E-state index is 1.10. The first-order chi connectivity index (χ1) is 8.67. The first-order valence-corrected chi connectivity index (χ1v) is 7.73. The normalized spacial score (nSPS) is 9.56. The zero-order valence-electron chi connectivity index (χ0n) is 10.8. The molecule has 0 heterocycles. The van der Waals surface area contributed by atoms with E-state index in [-0.39, 0.29) is 0 Å². The fourth-order valence-corrected chi connectivity index (χ4v) is 2.33. The second-order valence-corrected chi connectivity index (χ2v) is 5.69. The molecule has 0 amide bonds. The van der Waals surface area contributed by atoms with Crippen LogP contribution in [0.1, 0.15) is 25.0 Å². The Morgan fingerprint density at radius 3 is 1.83 bits per heavy atom. The molecule has 0 nitrogen and oxygen atoms in total. The number of hydrogen-bond acceptors (Lipinski definition) is 0. The molecule has 0 bridgehead atoms. The van der Waals surface area contributed by atoms with Crippen molar-refractivity contribution in [2.75, 3.05) is 0 Å². The molecule has 0 atom stereocenters. The molecule has 0 saturated heterocycles. The van der Waals surface area contributed by atoms with Gasteiger partial charge in [0.1, 0.15) is 0 Å². The molecule has 2 aromatic carbocycles. The molecule has 2 aromatic rings. The van der Waals surface area contributed by atoms with Crippen molar-refractivity contribution in [1.82, 2.24) is 0 Å². The van der Waals surface area contributed by atoms with Crippen LogP contribution < -0.4 is 0 Å². The third-order valence-corrected chi connectivity index (χ3v) is 3.96. The summed E-state index contributed by atoms with van der Waals surface area (Å²) in [7, 11) is 0. The van der Waals surface area contributed by atoms with Crippen molar-refractivity contribution in [3.63, 3.8) is 0 Å². The van der Waals surface area contributed by atoms with E-state index in [1.165, 1.54) is 15.6 Å². The summed E-state index contributed by atoms with van der Waals surface area (Å²) >= 11 is 6.83. The van der Waals surface area contributed by atoms with Crippen molar-refractivity contribution >= 4 is 31.9 Å². The predicted molar refractivity (Wildman–Crippen MR) is 87.0 cm³/mol. The van der Waals surface area contributed by atoms with Crippen LogP contribution >= 0.6 is 31.9 Å². The summed E-state index contributed by atoms with van der Waals surface area (Å²) < 4.78 is 2.37. The first-order valence-electron chi connectivity index (χ1n) is 6.15. The van der Waals surface area contributed by atoms with Crippen LogP contribution in [0.2, 0.25) is 0 Å². The van der Waals surface area contributed by atoms with Crippen LogP contribution in [0.3, 0.4) is 0 Å². The Morgan fingerprint density at radius 2 is 1.39 bits per heavy atom. The molecule has 0 spiro atoms. The smallest absolute Gasteiger partial charge is 0.0207 e. The van der Waals surface area contributed by atoms with E-state index in [4.69, 9.17) is 0 Å². The molecule has 0 aliphatic carbocycles. The van der Waals surface area contributed by atoms with Crippen molar-refractivity contribution < 1.29 is 0 Å². The van der Waals surface area contributed by atoms with E-state index < -0.39 is 0 Å². The lowest BCUT2D eigenvalue weighted by Crippen LogP contribution is -1.78. The lowest BCUT2D eigenvalue weighted by atomic mass is 10.2. The zero-order chi connectivity index (χ0) is 13.4. The van der Waals surface area contributed by atoms with Gasteiger partial charge < -0.3 is 0 Å². The molecule has 2 rings (SSSR count). The van der Waals surface area contributed by atoms with Crippen LogP contribution in [0.4, 0.5) is 0 Å². The van der Waals surface area contributed by atoms with Gasteiger partial charge in [-0.15, -0.1) is 0 Å². The van der Waals surface area contributed by atoms with Gasteiger partial charge in [0.15, 0.2) is 0 Å². The quantitative estimate of drug-likeness (QED) is 0.606. The van der Waals surface area contributed by atoms with Gasteiger partial charge in [-0.2, -0.15) is 0 Å². The molecular formula is C16H18Br2. The topological polar surface area (TPSA) is 0 Å². The molecule has 0 unspecified atom stereocenters. The first kappa shape index (κ1) is 15.5. The zero-order valence-corrected chi connectivity index (χ0v) is 14.0. The van der Waals surface area contributed by atoms with Crippen molar-refractivity contribution in [1.29, 1.82) is 0 Å². The molecule has 0 aromatic heterocycles.